The summed E-state index contributed by atoms with van der Waals surface area (Å²) in [5, 5.41) is 27.4. The Labute approximate surface area is 217 Å². The fraction of sp³-hybridized carbons (Fsp3) is 0.808. The molecular formula is C26H49O9P. The second kappa shape index (κ2) is 24.3. The second-order valence-electron chi connectivity index (χ2n) is 8.92. The number of unbranched alkanes of at least 4 members (excludes halogenated alkanes) is 10. The number of carbonyl (C=O) groups excluding carboxylic acids is 1. The normalized spacial score (nSPS) is 15.4. The molecular weight excluding hydrogens is 487 g/mol. The van der Waals surface area contributed by atoms with Crippen LogP contribution in [0.1, 0.15) is 96.8 Å². The minimum atomic E-state index is -4.49. The van der Waals surface area contributed by atoms with Crippen LogP contribution in [0.5, 0.6) is 0 Å². The van der Waals surface area contributed by atoms with Crippen LogP contribution in [-0.4, -0.2) is 64.8 Å². The zero-order chi connectivity index (χ0) is 26.9. The van der Waals surface area contributed by atoms with Gasteiger partial charge in [-0.25, -0.2) is 4.57 Å². The van der Waals surface area contributed by atoms with E-state index in [-0.39, 0.29) is 13.0 Å². The van der Waals surface area contributed by atoms with Gasteiger partial charge in [0.25, 0.3) is 0 Å². The van der Waals surface area contributed by atoms with E-state index in [4.69, 9.17) is 14.9 Å². The van der Waals surface area contributed by atoms with Crippen molar-refractivity contribution in [3.63, 3.8) is 0 Å². The van der Waals surface area contributed by atoms with Crippen LogP contribution in [0.15, 0.2) is 24.3 Å². The third-order valence-corrected chi connectivity index (χ3v) is 6.29. The SMILES string of the molecule is CCCCC/C=C\C/C=C\CCCCCCCCCC(=O)OCC(O)COP(=O)(O)OCC(O)CO. The Morgan fingerprint density at radius 3 is 1.89 bits per heavy atom. The molecule has 0 bridgehead atoms. The number of aliphatic hydroxyl groups is 3. The maximum Gasteiger partial charge on any atom is 0.472 e. The summed E-state index contributed by atoms with van der Waals surface area (Å²) in [5.41, 5.74) is 0. The van der Waals surface area contributed by atoms with Gasteiger partial charge in [0.05, 0.1) is 19.8 Å². The standard InChI is InChI=1S/C26H49O9P/c1-2-3-4-5-6-7-8-9-10-11-12-13-14-15-16-17-18-19-26(30)33-21-25(29)23-35-36(31,32)34-22-24(28)20-27/h6-7,9-10,24-25,27-29H,2-5,8,11-23H2,1H3,(H,31,32)/b7-6-,10-9-. The summed E-state index contributed by atoms with van der Waals surface area (Å²) >= 11 is 0. The van der Waals surface area contributed by atoms with Crippen LogP contribution >= 0.6 is 7.82 Å². The average molecular weight is 537 g/mol. The third-order valence-electron chi connectivity index (χ3n) is 5.34. The van der Waals surface area contributed by atoms with Crippen molar-refractivity contribution in [2.24, 2.45) is 0 Å². The number of hydrogen-bond donors (Lipinski definition) is 4. The quantitative estimate of drug-likeness (QED) is 0.0550. The van der Waals surface area contributed by atoms with Gasteiger partial charge in [-0.15, -0.1) is 0 Å². The summed E-state index contributed by atoms with van der Waals surface area (Å²) in [4.78, 5) is 21.1. The molecule has 3 unspecified atom stereocenters. The first-order valence-corrected chi connectivity index (χ1v) is 14.8. The molecule has 0 heterocycles. The lowest BCUT2D eigenvalue weighted by atomic mass is 10.1. The number of aliphatic hydroxyl groups excluding tert-OH is 3. The molecule has 0 fully saturated rings. The number of phosphoric ester groups is 1. The molecule has 4 N–H and O–H groups in total. The van der Waals surface area contributed by atoms with Gasteiger partial charge < -0.3 is 24.9 Å². The maximum absolute atomic E-state index is 11.8. The molecule has 36 heavy (non-hydrogen) atoms. The molecule has 9 nitrogen and oxygen atoms in total. The van der Waals surface area contributed by atoms with E-state index >= 15 is 0 Å². The Morgan fingerprint density at radius 1 is 0.778 bits per heavy atom. The summed E-state index contributed by atoms with van der Waals surface area (Å²) in [6.45, 7) is 0.0578. The van der Waals surface area contributed by atoms with Gasteiger partial charge in [0.1, 0.15) is 18.8 Å². The molecule has 0 aromatic carbocycles. The Balaban J connectivity index is 3.56. The highest BCUT2D eigenvalue weighted by Gasteiger charge is 2.24. The van der Waals surface area contributed by atoms with E-state index < -0.39 is 45.8 Å². The van der Waals surface area contributed by atoms with E-state index in [2.05, 4.69) is 40.3 Å². The predicted molar refractivity (Wildman–Crippen MR) is 140 cm³/mol. The predicted octanol–water partition coefficient (Wildman–Crippen LogP) is 4.97. The van der Waals surface area contributed by atoms with Crippen LogP contribution in [0.3, 0.4) is 0 Å². The van der Waals surface area contributed by atoms with Crippen molar-refractivity contribution in [1.29, 1.82) is 0 Å². The van der Waals surface area contributed by atoms with E-state index in [0.717, 1.165) is 32.1 Å². The van der Waals surface area contributed by atoms with Gasteiger partial charge in [-0.3, -0.25) is 13.8 Å². The molecule has 0 aliphatic carbocycles. The van der Waals surface area contributed by atoms with Crippen LogP contribution < -0.4 is 0 Å². The number of carbonyl (C=O) groups is 1. The number of esters is 1. The van der Waals surface area contributed by atoms with E-state index in [1.807, 2.05) is 0 Å². The lowest BCUT2D eigenvalue weighted by Gasteiger charge is -2.16. The van der Waals surface area contributed by atoms with E-state index in [9.17, 15) is 19.4 Å². The molecule has 0 radical (unpaired) electrons. The molecule has 3 atom stereocenters. The van der Waals surface area contributed by atoms with Crippen LogP contribution in [-0.2, 0) is 23.1 Å². The van der Waals surface area contributed by atoms with Gasteiger partial charge in [0.2, 0.25) is 0 Å². The van der Waals surface area contributed by atoms with Gasteiger partial charge in [0.15, 0.2) is 0 Å². The molecule has 0 spiro atoms. The zero-order valence-corrected chi connectivity index (χ0v) is 22.9. The van der Waals surface area contributed by atoms with E-state index in [1.165, 1.54) is 44.9 Å². The zero-order valence-electron chi connectivity index (χ0n) is 22.0. The Hall–Kier alpha value is -1.06. The number of hydrogen-bond acceptors (Lipinski definition) is 8. The largest absolute Gasteiger partial charge is 0.472 e. The lowest BCUT2D eigenvalue weighted by Crippen LogP contribution is -2.24. The molecule has 212 valence electrons. The highest BCUT2D eigenvalue weighted by atomic mass is 31.2. The number of phosphoric acid groups is 1. The van der Waals surface area contributed by atoms with Crippen molar-refractivity contribution in [2.75, 3.05) is 26.4 Å². The summed E-state index contributed by atoms with van der Waals surface area (Å²) in [6, 6.07) is 0. The highest BCUT2D eigenvalue weighted by Crippen LogP contribution is 2.43. The fourth-order valence-corrected chi connectivity index (χ4v) is 3.99. The van der Waals surface area contributed by atoms with Crippen molar-refractivity contribution in [1.82, 2.24) is 0 Å². The maximum atomic E-state index is 11.8. The highest BCUT2D eigenvalue weighted by molar-refractivity contribution is 7.47. The van der Waals surface area contributed by atoms with Crippen molar-refractivity contribution < 1.29 is 43.4 Å². The van der Waals surface area contributed by atoms with E-state index in [0.29, 0.717) is 6.42 Å². The van der Waals surface area contributed by atoms with Gasteiger partial charge >= 0.3 is 13.8 Å². The average Bonchev–Trinajstić information content (AvgIpc) is 2.86. The Bertz CT molecular complexity index is 625. The Morgan fingerprint density at radius 2 is 1.31 bits per heavy atom. The first kappa shape index (κ1) is 34.9. The summed E-state index contributed by atoms with van der Waals surface area (Å²) in [5.74, 6) is -0.439. The number of ether oxygens (including phenoxy) is 1. The topological polar surface area (TPSA) is 143 Å². The first-order valence-electron chi connectivity index (χ1n) is 13.3. The van der Waals surface area contributed by atoms with Crippen LogP contribution in [0.4, 0.5) is 0 Å². The van der Waals surface area contributed by atoms with Crippen molar-refractivity contribution >= 4 is 13.8 Å². The van der Waals surface area contributed by atoms with Crippen LogP contribution in [0.2, 0.25) is 0 Å². The van der Waals surface area contributed by atoms with Gasteiger partial charge in [-0.05, 0) is 38.5 Å². The molecule has 0 aliphatic heterocycles. The minimum Gasteiger partial charge on any atom is -0.463 e. The van der Waals surface area contributed by atoms with Crippen LogP contribution in [0.25, 0.3) is 0 Å². The monoisotopic (exact) mass is 536 g/mol. The van der Waals surface area contributed by atoms with Crippen molar-refractivity contribution in [3.8, 4) is 0 Å². The molecule has 0 rings (SSSR count). The minimum absolute atomic E-state index is 0.256. The smallest absolute Gasteiger partial charge is 0.463 e. The molecule has 0 saturated carbocycles. The first-order chi connectivity index (χ1) is 17.3. The van der Waals surface area contributed by atoms with Gasteiger partial charge in [0, 0.05) is 6.42 Å². The summed E-state index contributed by atoms with van der Waals surface area (Å²) < 4.78 is 25.5. The van der Waals surface area contributed by atoms with E-state index in [1.54, 1.807) is 0 Å². The molecule has 0 aliphatic rings. The Kier molecular flexibility index (Phi) is 23.6. The third kappa shape index (κ3) is 24.6. The number of allylic oxidation sites excluding steroid dienone is 4. The van der Waals surface area contributed by atoms with Crippen molar-refractivity contribution in [2.45, 2.75) is 109 Å². The van der Waals surface area contributed by atoms with Gasteiger partial charge in [-0.2, -0.15) is 0 Å². The fourth-order valence-electron chi connectivity index (χ4n) is 3.19. The molecule has 0 saturated heterocycles. The van der Waals surface area contributed by atoms with Gasteiger partial charge in [-0.1, -0.05) is 76.2 Å². The number of rotatable bonds is 25. The molecule has 0 aromatic heterocycles. The molecule has 0 aromatic rings. The second-order valence-corrected chi connectivity index (χ2v) is 10.4. The summed E-state index contributed by atoms with van der Waals surface area (Å²) in [7, 11) is -4.49. The molecule has 0 amide bonds. The molecule has 10 heteroatoms. The van der Waals surface area contributed by atoms with Crippen LogP contribution in [0, 0.1) is 0 Å². The summed E-state index contributed by atoms with van der Waals surface area (Å²) in [6.07, 6.45) is 21.4. The lowest BCUT2D eigenvalue weighted by molar-refractivity contribution is -0.147. The van der Waals surface area contributed by atoms with Crippen molar-refractivity contribution in [3.05, 3.63) is 24.3 Å².